The molecule has 3 N–H and O–H groups in total. The van der Waals surface area contributed by atoms with Crippen LogP contribution in [0.3, 0.4) is 0 Å². The number of rotatable bonds is 1. The molecule has 0 aromatic heterocycles. The van der Waals surface area contributed by atoms with Crippen molar-refractivity contribution in [1.82, 2.24) is 20.9 Å². The van der Waals surface area contributed by atoms with Gasteiger partial charge in [-0.3, -0.25) is 0 Å². The van der Waals surface area contributed by atoms with E-state index in [0.717, 1.165) is 52.1 Å². The molecule has 2 aliphatic rings. The van der Waals surface area contributed by atoms with Gasteiger partial charge < -0.3 is 20.9 Å². The molecule has 2 saturated heterocycles. The normalized spacial score (nSPS) is 23.9. The molecule has 2 heterocycles. The van der Waals surface area contributed by atoms with Crippen LogP contribution in [0, 0.1) is 0 Å². The van der Waals surface area contributed by atoms with E-state index in [9.17, 15) is 4.79 Å². The zero-order valence-corrected chi connectivity index (χ0v) is 9.09. The van der Waals surface area contributed by atoms with Gasteiger partial charge in [-0.15, -0.1) is 0 Å². The first kappa shape index (κ1) is 10.7. The van der Waals surface area contributed by atoms with Gasteiger partial charge in [0.25, 0.3) is 0 Å². The Kier molecular flexibility index (Phi) is 3.80. The fourth-order valence-electron chi connectivity index (χ4n) is 2.10. The van der Waals surface area contributed by atoms with Gasteiger partial charge in [-0.05, 0) is 25.9 Å². The van der Waals surface area contributed by atoms with E-state index in [0.29, 0.717) is 6.04 Å². The van der Waals surface area contributed by atoms with Gasteiger partial charge in [-0.25, -0.2) is 4.79 Å². The van der Waals surface area contributed by atoms with Gasteiger partial charge in [-0.1, -0.05) is 0 Å². The SMILES string of the molecule is O=C(NC1CCNCC1)N1CCNCC1. The number of carbonyl (C=O) groups is 1. The summed E-state index contributed by atoms with van der Waals surface area (Å²) in [6, 6.07) is 0.483. The predicted octanol–water partition coefficient (Wildman–Crippen LogP) is -0.647. The van der Waals surface area contributed by atoms with E-state index in [2.05, 4.69) is 16.0 Å². The standard InChI is InChI=1S/C10H20N4O/c15-10(14-7-5-12-6-8-14)13-9-1-3-11-4-2-9/h9,11-12H,1-8H2,(H,13,15). The van der Waals surface area contributed by atoms with Gasteiger partial charge in [0, 0.05) is 32.2 Å². The molecule has 0 spiro atoms. The summed E-state index contributed by atoms with van der Waals surface area (Å²) in [6.45, 7) is 5.53. The second kappa shape index (κ2) is 5.32. The molecule has 5 heteroatoms. The smallest absolute Gasteiger partial charge is 0.317 e. The summed E-state index contributed by atoms with van der Waals surface area (Å²) in [5.74, 6) is 0. The van der Waals surface area contributed by atoms with Gasteiger partial charge >= 0.3 is 6.03 Å². The van der Waals surface area contributed by atoms with Gasteiger partial charge in [0.2, 0.25) is 0 Å². The van der Waals surface area contributed by atoms with Crippen LogP contribution in [0.1, 0.15) is 12.8 Å². The second-order valence-corrected chi connectivity index (χ2v) is 4.21. The van der Waals surface area contributed by atoms with Crippen molar-refractivity contribution >= 4 is 6.03 Å². The highest BCUT2D eigenvalue weighted by molar-refractivity contribution is 5.74. The zero-order chi connectivity index (χ0) is 10.5. The Bertz CT molecular complexity index is 209. The minimum absolute atomic E-state index is 0.114. The summed E-state index contributed by atoms with van der Waals surface area (Å²) in [6.07, 6.45) is 2.11. The molecule has 86 valence electrons. The van der Waals surface area contributed by atoms with Crippen molar-refractivity contribution in [3.63, 3.8) is 0 Å². The minimum Gasteiger partial charge on any atom is -0.335 e. The van der Waals surface area contributed by atoms with Crippen LogP contribution in [-0.4, -0.2) is 56.2 Å². The molecule has 15 heavy (non-hydrogen) atoms. The van der Waals surface area contributed by atoms with E-state index < -0.39 is 0 Å². The average Bonchev–Trinajstić information content (AvgIpc) is 2.31. The third-order valence-corrected chi connectivity index (χ3v) is 3.07. The summed E-state index contributed by atoms with van der Waals surface area (Å²) in [5, 5.41) is 9.64. The zero-order valence-electron chi connectivity index (χ0n) is 9.09. The van der Waals surface area contributed by atoms with Crippen LogP contribution >= 0.6 is 0 Å². The molecule has 5 nitrogen and oxygen atoms in total. The first-order valence-electron chi connectivity index (χ1n) is 5.83. The minimum atomic E-state index is 0.114. The predicted molar refractivity (Wildman–Crippen MR) is 58.9 cm³/mol. The molecule has 2 amide bonds. The summed E-state index contributed by atoms with van der Waals surface area (Å²) in [5.41, 5.74) is 0. The van der Waals surface area contributed by atoms with Gasteiger partial charge in [-0.2, -0.15) is 0 Å². The first-order chi connectivity index (χ1) is 7.36. The second-order valence-electron chi connectivity index (χ2n) is 4.21. The van der Waals surface area contributed by atoms with E-state index in [1.165, 1.54) is 0 Å². The Balaban J connectivity index is 1.74. The van der Waals surface area contributed by atoms with Crippen LogP contribution in [-0.2, 0) is 0 Å². The third-order valence-electron chi connectivity index (χ3n) is 3.07. The van der Waals surface area contributed by atoms with Crippen LogP contribution in [0.4, 0.5) is 4.79 Å². The maximum atomic E-state index is 11.8. The van der Waals surface area contributed by atoms with E-state index in [1.807, 2.05) is 4.90 Å². The summed E-state index contributed by atoms with van der Waals surface area (Å²) in [7, 11) is 0. The van der Waals surface area contributed by atoms with E-state index >= 15 is 0 Å². The van der Waals surface area contributed by atoms with Crippen molar-refractivity contribution in [1.29, 1.82) is 0 Å². The number of urea groups is 1. The lowest BCUT2D eigenvalue weighted by Gasteiger charge is -2.31. The number of piperazine rings is 1. The van der Waals surface area contributed by atoms with E-state index in [1.54, 1.807) is 0 Å². The highest BCUT2D eigenvalue weighted by Gasteiger charge is 2.20. The van der Waals surface area contributed by atoms with Crippen molar-refractivity contribution in [2.45, 2.75) is 18.9 Å². The van der Waals surface area contributed by atoms with Crippen LogP contribution in [0.5, 0.6) is 0 Å². The van der Waals surface area contributed by atoms with Crippen LogP contribution in [0.25, 0.3) is 0 Å². The molecule has 2 rings (SSSR count). The molecule has 0 radical (unpaired) electrons. The number of nitrogens with zero attached hydrogens (tertiary/aromatic N) is 1. The van der Waals surface area contributed by atoms with Crippen molar-refractivity contribution in [3.05, 3.63) is 0 Å². The number of hydrogen-bond acceptors (Lipinski definition) is 3. The summed E-state index contributed by atoms with van der Waals surface area (Å²) < 4.78 is 0. The van der Waals surface area contributed by atoms with Gasteiger partial charge in [0.05, 0.1) is 0 Å². The summed E-state index contributed by atoms with van der Waals surface area (Å²) in [4.78, 5) is 13.7. The number of amides is 2. The molecule has 0 saturated carbocycles. The Morgan fingerprint density at radius 1 is 1.07 bits per heavy atom. The van der Waals surface area contributed by atoms with Crippen LogP contribution in [0.15, 0.2) is 0 Å². The molecule has 0 atom stereocenters. The fraction of sp³-hybridized carbons (Fsp3) is 0.900. The van der Waals surface area contributed by atoms with Crippen LogP contribution in [0.2, 0.25) is 0 Å². The molecule has 0 bridgehead atoms. The third kappa shape index (κ3) is 3.07. The quantitative estimate of drug-likeness (QED) is 0.541. The highest BCUT2D eigenvalue weighted by Crippen LogP contribution is 2.03. The van der Waals surface area contributed by atoms with Crippen molar-refractivity contribution in [2.75, 3.05) is 39.3 Å². The molecular formula is C10H20N4O. The van der Waals surface area contributed by atoms with Gasteiger partial charge in [0.1, 0.15) is 0 Å². The summed E-state index contributed by atoms with van der Waals surface area (Å²) >= 11 is 0. The maximum absolute atomic E-state index is 11.8. The highest BCUT2D eigenvalue weighted by atomic mass is 16.2. The monoisotopic (exact) mass is 212 g/mol. The lowest BCUT2D eigenvalue weighted by Crippen LogP contribution is -2.53. The average molecular weight is 212 g/mol. The van der Waals surface area contributed by atoms with Crippen molar-refractivity contribution in [2.24, 2.45) is 0 Å². The fourth-order valence-corrected chi connectivity index (χ4v) is 2.10. The molecule has 2 aliphatic heterocycles. The topological polar surface area (TPSA) is 56.4 Å². The van der Waals surface area contributed by atoms with E-state index in [-0.39, 0.29) is 6.03 Å². The Morgan fingerprint density at radius 3 is 2.33 bits per heavy atom. The Hall–Kier alpha value is -0.810. The number of nitrogens with one attached hydrogen (secondary N) is 3. The molecule has 0 aromatic carbocycles. The number of carbonyl (C=O) groups excluding carboxylic acids is 1. The molecular weight excluding hydrogens is 192 g/mol. The molecule has 2 fully saturated rings. The first-order valence-corrected chi connectivity index (χ1v) is 5.83. The largest absolute Gasteiger partial charge is 0.335 e. The Labute approximate surface area is 90.6 Å². The molecule has 0 aliphatic carbocycles. The molecule has 0 unspecified atom stereocenters. The molecule has 0 aromatic rings. The maximum Gasteiger partial charge on any atom is 0.317 e. The lowest BCUT2D eigenvalue weighted by molar-refractivity contribution is 0.183. The Morgan fingerprint density at radius 2 is 1.67 bits per heavy atom. The van der Waals surface area contributed by atoms with E-state index in [4.69, 9.17) is 0 Å². The van der Waals surface area contributed by atoms with Crippen molar-refractivity contribution in [3.8, 4) is 0 Å². The number of hydrogen-bond donors (Lipinski definition) is 3. The number of piperidine rings is 1. The van der Waals surface area contributed by atoms with Crippen LogP contribution < -0.4 is 16.0 Å². The van der Waals surface area contributed by atoms with Gasteiger partial charge in [0.15, 0.2) is 0 Å². The lowest BCUT2D eigenvalue weighted by atomic mass is 10.1. The van der Waals surface area contributed by atoms with Crippen molar-refractivity contribution < 1.29 is 4.79 Å².